The number of benzene rings is 1. The maximum Gasteiger partial charge on any atom is 0.233 e. The molecule has 1 rings (SSSR count). The molecule has 0 heterocycles. The van der Waals surface area contributed by atoms with E-state index in [4.69, 9.17) is 4.74 Å². The first kappa shape index (κ1) is 17.4. The molecule has 0 saturated heterocycles. The van der Waals surface area contributed by atoms with E-state index in [-0.39, 0.29) is 17.5 Å². The fourth-order valence-electron chi connectivity index (χ4n) is 1.90. The number of carbonyl (C=O) groups excluding carboxylic acids is 2. The number of hydrogen-bond donors (Lipinski definition) is 1. The third-order valence-electron chi connectivity index (χ3n) is 2.99. The maximum absolute atomic E-state index is 12.2. The molecular weight excluding hydrogens is 290 g/mol. The van der Waals surface area contributed by atoms with Crippen LogP contribution < -0.4 is 10.1 Å². The van der Waals surface area contributed by atoms with Gasteiger partial charge in [0.15, 0.2) is 5.78 Å². The Hall–Kier alpha value is -1.69. The number of ether oxygens (including phenoxy) is 1. The summed E-state index contributed by atoms with van der Waals surface area (Å²) >= 11 is 0. The lowest BCUT2D eigenvalue weighted by molar-refractivity contribution is -0.126. The second-order valence-corrected chi connectivity index (χ2v) is 6.52. The van der Waals surface area contributed by atoms with Crippen molar-refractivity contribution in [3.05, 3.63) is 24.3 Å². The number of Topliss-reactive ketones (excluding diaryl/α,β-unsaturated/α-hetero) is 1. The predicted octanol–water partition coefficient (Wildman–Crippen LogP) is 1.53. The van der Waals surface area contributed by atoms with Crippen molar-refractivity contribution < 1.29 is 18.5 Å². The summed E-state index contributed by atoms with van der Waals surface area (Å²) < 4.78 is 17.2. The molecule has 0 aromatic heterocycles. The van der Waals surface area contributed by atoms with E-state index < -0.39 is 22.7 Å². The molecule has 21 heavy (non-hydrogen) atoms. The van der Waals surface area contributed by atoms with Crippen LogP contribution in [-0.4, -0.2) is 34.8 Å². The molecule has 1 aromatic carbocycles. The molecule has 0 aliphatic heterocycles. The first-order valence-electron chi connectivity index (χ1n) is 6.67. The summed E-state index contributed by atoms with van der Waals surface area (Å²) in [5.41, 5.74) is 0. The number of nitrogens with one attached hydrogen (secondary N) is 1. The molecule has 0 saturated carbocycles. The first-order chi connectivity index (χ1) is 9.85. The van der Waals surface area contributed by atoms with E-state index in [0.717, 1.165) is 0 Å². The fraction of sp³-hybridized carbons (Fsp3) is 0.467. The molecule has 1 aromatic rings. The Morgan fingerprint density at radius 3 is 2.52 bits per heavy atom. The summed E-state index contributed by atoms with van der Waals surface area (Å²) in [5.74, 6) is -0.0961. The van der Waals surface area contributed by atoms with Crippen LogP contribution in [0.25, 0.3) is 0 Å². The zero-order valence-corrected chi connectivity index (χ0v) is 13.5. The minimum absolute atomic E-state index is 0.00305. The molecule has 116 valence electrons. The van der Waals surface area contributed by atoms with E-state index in [0.29, 0.717) is 10.6 Å². The summed E-state index contributed by atoms with van der Waals surface area (Å²) in [6, 6.07) is 6.23. The van der Waals surface area contributed by atoms with Gasteiger partial charge in [-0.2, -0.15) is 0 Å². The Kier molecular flexibility index (Phi) is 6.55. The minimum Gasteiger partial charge on any atom is -0.497 e. The van der Waals surface area contributed by atoms with Crippen LogP contribution in [0, 0.1) is 5.92 Å². The summed E-state index contributed by atoms with van der Waals surface area (Å²) in [4.78, 5) is 23.9. The van der Waals surface area contributed by atoms with Crippen molar-refractivity contribution in [2.45, 2.75) is 31.7 Å². The number of hydrogen-bond acceptors (Lipinski definition) is 4. The molecule has 6 heteroatoms. The molecule has 0 spiro atoms. The maximum atomic E-state index is 12.2. The summed E-state index contributed by atoms with van der Waals surface area (Å²) in [6.07, 6.45) is 0. The minimum atomic E-state index is -1.47. The molecule has 0 aliphatic carbocycles. The van der Waals surface area contributed by atoms with Gasteiger partial charge in [0.2, 0.25) is 5.91 Å². The van der Waals surface area contributed by atoms with Crippen LogP contribution in [0.1, 0.15) is 20.8 Å². The van der Waals surface area contributed by atoms with Crippen LogP contribution in [0.4, 0.5) is 0 Å². The van der Waals surface area contributed by atoms with E-state index in [2.05, 4.69) is 5.32 Å². The molecular formula is C15H21NO4S. The van der Waals surface area contributed by atoms with E-state index in [9.17, 15) is 13.8 Å². The van der Waals surface area contributed by atoms with Crippen molar-refractivity contribution in [3.63, 3.8) is 0 Å². The van der Waals surface area contributed by atoms with E-state index in [1.54, 1.807) is 24.3 Å². The van der Waals surface area contributed by atoms with Gasteiger partial charge in [0.25, 0.3) is 0 Å². The molecule has 2 atom stereocenters. The van der Waals surface area contributed by atoms with Crippen LogP contribution in [0.2, 0.25) is 0 Å². The third kappa shape index (κ3) is 5.30. The number of ketones is 1. The van der Waals surface area contributed by atoms with Gasteiger partial charge in [-0.25, -0.2) is 0 Å². The Morgan fingerprint density at radius 2 is 2.00 bits per heavy atom. The quantitative estimate of drug-likeness (QED) is 0.829. The van der Waals surface area contributed by atoms with Gasteiger partial charge in [-0.05, 0) is 31.0 Å². The second kappa shape index (κ2) is 7.93. The zero-order chi connectivity index (χ0) is 16.0. The molecule has 0 bridgehead atoms. The monoisotopic (exact) mass is 311 g/mol. The second-order valence-electron chi connectivity index (χ2n) is 5.07. The van der Waals surface area contributed by atoms with Crippen molar-refractivity contribution in [1.29, 1.82) is 0 Å². The van der Waals surface area contributed by atoms with Gasteiger partial charge in [-0.3, -0.25) is 13.8 Å². The molecule has 0 fully saturated rings. The van der Waals surface area contributed by atoms with Crippen molar-refractivity contribution in [1.82, 2.24) is 5.32 Å². The molecule has 1 amide bonds. The molecule has 0 aliphatic rings. The van der Waals surface area contributed by atoms with Gasteiger partial charge in [0, 0.05) is 4.90 Å². The van der Waals surface area contributed by atoms with Crippen LogP contribution in [0.15, 0.2) is 29.2 Å². The highest BCUT2D eigenvalue weighted by Crippen LogP contribution is 2.15. The summed E-state index contributed by atoms with van der Waals surface area (Å²) in [6.45, 7) is 5.14. The van der Waals surface area contributed by atoms with Gasteiger partial charge in [0.1, 0.15) is 11.5 Å². The molecule has 5 nitrogen and oxygen atoms in total. The summed E-state index contributed by atoms with van der Waals surface area (Å²) in [7, 11) is 0.0511. The number of methoxy groups -OCH3 is 1. The average Bonchev–Trinajstić information content (AvgIpc) is 2.44. The largest absolute Gasteiger partial charge is 0.497 e. The highest BCUT2D eigenvalue weighted by atomic mass is 32.2. The predicted molar refractivity (Wildman–Crippen MR) is 81.7 cm³/mol. The van der Waals surface area contributed by atoms with Crippen LogP contribution in [0.5, 0.6) is 5.75 Å². The van der Waals surface area contributed by atoms with E-state index in [1.807, 2.05) is 13.8 Å². The lowest BCUT2D eigenvalue weighted by Crippen LogP contribution is -2.45. The van der Waals surface area contributed by atoms with E-state index in [1.165, 1.54) is 14.0 Å². The van der Waals surface area contributed by atoms with E-state index >= 15 is 0 Å². The number of carbonyl (C=O) groups is 2. The molecule has 2 unspecified atom stereocenters. The first-order valence-corrected chi connectivity index (χ1v) is 7.99. The smallest absolute Gasteiger partial charge is 0.233 e. The van der Waals surface area contributed by atoms with Crippen molar-refractivity contribution >= 4 is 22.5 Å². The third-order valence-corrected chi connectivity index (χ3v) is 4.29. The molecule has 1 N–H and O–H groups in total. The highest BCUT2D eigenvalue weighted by molar-refractivity contribution is 7.85. The van der Waals surface area contributed by atoms with Crippen LogP contribution in [-0.2, 0) is 20.4 Å². The Morgan fingerprint density at radius 1 is 1.33 bits per heavy atom. The average molecular weight is 311 g/mol. The fourth-order valence-corrected chi connectivity index (χ4v) is 2.86. The SMILES string of the molecule is COc1cccc(S(=O)CC(=O)NC(C(C)=O)C(C)C)c1. The lowest BCUT2D eigenvalue weighted by atomic mass is 10.0. The molecule has 0 radical (unpaired) electrons. The Bertz CT molecular complexity index is 542. The summed E-state index contributed by atoms with van der Waals surface area (Å²) in [5, 5.41) is 2.63. The van der Waals surface area contributed by atoms with Gasteiger partial charge < -0.3 is 10.1 Å². The number of rotatable bonds is 7. The van der Waals surface area contributed by atoms with Crippen LogP contribution >= 0.6 is 0 Å². The topological polar surface area (TPSA) is 72.5 Å². The Labute approximate surface area is 127 Å². The van der Waals surface area contributed by atoms with Gasteiger partial charge >= 0.3 is 0 Å². The van der Waals surface area contributed by atoms with Gasteiger partial charge in [-0.15, -0.1) is 0 Å². The number of amides is 1. The van der Waals surface area contributed by atoms with Crippen molar-refractivity contribution in [2.75, 3.05) is 12.9 Å². The highest BCUT2D eigenvalue weighted by Gasteiger charge is 2.21. The van der Waals surface area contributed by atoms with Gasteiger partial charge in [0.05, 0.1) is 24.0 Å². The van der Waals surface area contributed by atoms with Crippen molar-refractivity contribution in [2.24, 2.45) is 5.92 Å². The lowest BCUT2D eigenvalue weighted by Gasteiger charge is -2.19. The van der Waals surface area contributed by atoms with Crippen molar-refractivity contribution in [3.8, 4) is 5.75 Å². The standard InChI is InChI=1S/C15H21NO4S/c1-10(2)15(11(3)17)16-14(18)9-21(19)13-7-5-6-12(8-13)20-4/h5-8,10,15H,9H2,1-4H3,(H,16,18). The normalized spacial score (nSPS) is 13.6. The van der Waals surface area contributed by atoms with Crippen LogP contribution in [0.3, 0.4) is 0 Å². The van der Waals surface area contributed by atoms with Gasteiger partial charge in [-0.1, -0.05) is 19.9 Å². The zero-order valence-electron chi connectivity index (χ0n) is 12.7. The Balaban J connectivity index is 2.69.